The standard InChI is InChI=1S/C13H12ClNO2/c1-8(2)13-12(15-11(7-16)17-13)9-4-3-5-10(14)6-9/h3-8H,1-2H3. The Labute approximate surface area is 104 Å². The van der Waals surface area contributed by atoms with Gasteiger partial charge in [0.1, 0.15) is 11.5 Å². The average molecular weight is 250 g/mol. The molecule has 0 saturated heterocycles. The highest BCUT2D eigenvalue weighted by Crippen LogP contribution is 2.30. The molecule has 1 aromatic carbocycles. The largest absolute Gasteiger partial charge is 0.438 e. The molecule has 3 nitrogen and oxygen atoms in total. The molecule has 1 heterocycles. The van der Waals surface area contributed by atoms with E-state index in [-0.39, 0.29) is 11.8 Å². The Morgan fingerprint density at radius 1 is 1.41 bits per heavy atom. The first-order valence-corrected chi connectivity index (χ1v) is 5.71. The number of rotatable bonds is 3. The maximum Gasteiger partial charge on any atom is 0.260 e. The van der Waals surface area contributed by atoms with Crippen LogP contribution in [0, 0.1) is 0 Å². The highest BCUT2D eigenvalue weighted by Gasteiger charge is 2.17. The Morgan fingerprint density at radius 2 is 2.18 bits per heavy atom. The molecule has 0 bridgehead atoms. The van der Waals surface area contributed by atoms with Crippen molar-refractivity contribution in [1.29, 1.82) is 0 Å². The number of nitrogens with zero attached hydrogens (tertiary/aromatic N) is 1. The first-order valence-electron chi connectivity index (χ1n) is 5.33. The van der Waals surface area contributed by atoms with Crippen molar-refractivity contribution in [3.05, 3.63) is 40.9 Å². The van der Waals surface area contributed by atoms with E-state index in [4.69, 9.17) is 16.0 Å². The van der Waals surface area contributed by atoms with E-state index >= 15 is 0 Å². The van der Waals surface area contributed by atoms with Gasteiger partial charge in [-0.1, -0.05) is 37.6 Å². The quantitative estimate of drug-likeness (QED) is 0.774. The van der Waals surface area contributed by atoms with Crippen LogP contribution in [0.15, 0.2) is 28.7 Å². The highest BCUT2D eigenvalue weighted by atomic mass is 35.5. The lowest BCUT2D eigenvalue weighted by Crippen LogP contribution is -1.88. The fourth-order valence-corrected chi connectivity index (χ4v) is 1.82. The van der Waals surface area contributed by atoms with E-state index in [1.165, 1.54) is 0 Å². The third kappa shape index (κ3) is 2.39. The van der Waals surface area contributed by atoms with E-state index in [0.29, 0.717) is 22.8 Å². The number of carbonyl (C=O) groups is 1. The topological polar surface area (TPSA) is 43.1 Å². The number of carbonyl (C=O) groups excluding carboxylic acids is 1. The molecule has 0 N–H and O–H groups in total. The Bertz CT molecular complexity index is 546. The first-order chi connectivity index (χ1) is 8.11. The number of hydrogen-bond donors (Lipinski definition) is 0. The number of benzene rings is 1. The van der Waals surface area contributed by atoms with Crippen LogP contribution >= 0.6 is 11.6 Å². The molecular formula is C13H12ClNO2. The molecule has 1 aromatic heterocycles. The maximum atomic E-state index is 10.7. The summed E-state index contributed by atoms with van der Waals surface area (Å²) in [6, 6.07) is 7.34. The summed E-state index contributed by atoms with van der Waals surface area (Å²) in [5, 5.41) is 0.632. The lowest BCUT2D eigenvalue weighted by molar-refractivity contribution is 0.109. The Hall–Kier alpha value is -1.61. The van der Waals surface area contributed by atoms with E-state index in [0.717, 1.165) is 5.56 Å². The number of oxazole rings is 1. The second kappa shape index (κ2) is 4.72. The molecule has 2 aromatic rings. The molecule has 0 atom stereocenters. The molecule has 0 saturated carbocycles. The fourth-order valence-electron chi connectivity index (χ4n) is 1.63. The third-order valence-corrected chi connectivity index (χ3v) is 2.63. The van der Waals surface area contributed by atoms with Crippen LogP contribution in [0.5, 0.6) is 0 Å². The van der Waals surface area contributed by atoms with Gasteiger partial charge in [0.05, 0.1) is 0 Å². The van der Waals surface area contributed by atoms with Gasteiger partial charge in [0.15, 0.2) is 0 Å². The van der Waals surface area contributed by atoms with Crippen LogP contribution in [0.25, 0.3) is 11.3 Å². The fraction of sp³-hybridized carbons (Fsp3) is 0.231. The van der Waals surface area contributed by atoms with Crippen LogP contribution in [0.1, 0.15) is 36.2 Å². The summed E-state index contributed by atoms with van der Waals surface area (Å²) in [7, 11) is 0. The lowest BCUT2D eigenvalue weighted by atomic mass is 10.0. The van der Waals surface area contributed by atoms with E-state index in [1.54, 1.807) is 12.1 Å². The minimum absolute atomic E-state index is 0.101. The highest BCUT2D eigenvalue weighted by molar-refractivity contribution is 6.30. The maximum absolute atomic E-state index is 10.7. The van der Waals surface area contributed by atoms with Gasteiger partial charge in [0.25, 0.3) is 5.89 Å². The van der Waals surface area contributed by atoms with Crippen molar-refractivity contribution < 1.29 is 9.21 Å². The molecule has 0 aliphatic carbocycles. The van der Waals surface area contributed by atoms with Gasteiger partial charge >= 0.3 is 0 Å². The van der Waals surface area contributed by atoms with Gasteiger partial charge in [0, 0.05) is 16.5 Å². The summed E-state index contributed by atoms with van der Waals surface area (Å²) in [5.74, 6) is 0.961. The van der Waals surface area contributed by atoms with Crippen LogP contribution < -0.4 is 0 Å². The van der Waals surface area contributed by atoms with E-state index < -0.39 is 0 Å². The van der Waals surface area contributed by atoms with Crippen LogP contribution in [0.4, 0.5) is 0 Å². The summed E-state index contributed by atoms with van der Waals surface area (Å²) in [4.78, 5) is 14.9. The number of hydrogen-bond acceptors (Lipinski definition) is 3. The van der Waals surface area contributed by atoms with Crippen LogP contribution in [-0.4, -0.2) is 11.3 Å². The monoisotopic (exact) mass is 249 g/mol. The first kappa shape index (κ1) is 11.9. The molecule has 0 amide bonds. The van der Waals surface area contributed by atoms with Gasteiger partial charge in [-0.05, 0) is 12.1 Å². The van der Waals surface area contributed by atoms with Gasteiger partial charge in [-0.15, -0.1) is 0 Å². The minimum atomic E-state index is 0.101. The van der Waals surface area contributed by atoms with Crippen molar-refractivity contribution in [2.75, 3.05) is 0 Å². The van der Waals surface area contributed by atoms with Crippen LogP contribution in [-0.2, 0) is 0 Å². The smallest absolute Gasteiger partial charge is 0.260 e. The molecule has 2 rings (SSSR count). The van der Waals surface area contributed by atoms with Crippen molar-refractivity contribution >= 4 is 17.9 Å². The normalized spacial score (nSPS) is 10.8. The molecular weight excluding hydrogens is 238 g/mol. The zero-order chi connectivity index (χ0) is 12.4. The van der Waals surface area contributed by atoms with Gasteiger partial charge in [-0.2, -0.15) is 0 Å². The minimum Gasteiger partial charge on any atom is -0.438 e. The van der Waals surface area contributed by atoms with Crippen molar-refractivity contribution in [2.24, 2.45) is 0 Å². The summed E-state index contributed by atoms with van der Waals surface area (Å²) in [6.07, 6.45) is 0.611. The molecule has 88 valence electrons. The number of aromatic nitrogens is 1. The number of halogens is 1. The molecule has 0 aliphatic heterocycles. The molecule has 0 fully saturated rings. The van der Waals surface area contributed by atoms with Gasteiger partial charge in [-0.25, -0.2) is 4.98 Å². The molecule has 0 spiro atoms. The van der Waals surface area contributed by atoms with Gasteiger partial charge in [-0.3, -0.25) is 4.79 Å². The SMILES string of the molecule is CC(C)c1oc(C=O)nc1-c1cccc(Cl)c1. The van der Waals surface area contributed by atoms with Crippen molar-refractivity contribution in [1.82, 2.24) is 4.98 Å². The molecule has 0 unspecified atom stereocenters. The van der Waals surface area contributed by atoms with Crippen molar-refractivity contribution in [3.8, 4) is 11.3 Å². The second-order valence-electron chi connectivity index (χ2n) is 4.05. The van der Waals surface area contributed by atoms with Gasteiger partial charge < -0.3 is 4.42 Å². The van der Waals surface area contributed by atoms with Gasteiger partial charge in [0.2, 0.25) is 6.29 Å². The van der Waals surface area contributed by atoms with Crippen LogP contribution in [0.3, 0.4) is 0 Å². The molecule has 4 heteroatoms. The Kier molecular flexibility index (Phi) is 3.29. The summed E-state index contributed by atoms with van der Waals surface area (Å²) in [6.45, 7) is 3.98. The Balaban J connectivity index is 2.57. The second-order valence-corrected chi connectivity index (χ2v) is 4.48. The molecule has 0 radical (unpaired) electrons. The lowest BCUT2D eigenvalue weighted by Gasteiger charge is -2.03. The average Bonchev–Trinajstić information content (AvgIpc) is 2.73. The molecule has 17 heavy (non-hydrogen) atoms. The van der Waals surface area contributed by atoms with Crippen LogP contribution in [0.2, 0.25) is 5.02 Å². The zero-order valence-corrected chi connectivity index (χ0v) is 10.4. The summed E-state index contributed by atoms with van der Waals surface area (Å²) >= 11 is 5.94. The molecule has 0 aliphatic rings. The summed E-state index contributed by atoms with van der Waals surface area (Å²) in [5.41, 5.74) is 1.54. The Morgan fingerprint density at radius 3 is 2.76 bits per heavy atom. The third-order valence-electron chi connectivity index (χ3n) is 2.39. The van der Waals surface area contributed by atoms with Crippen molar-refractivity contribution in [2.45, 2.75) is 19.8 Å². The predicted molar refractivity (Wildman–Crippen MR) is 66.4 cm³/mol. The number of aldehydes is 1. The van der Waals surface area contributed by atoms with E-state index in [1.807, 2.05) is 26.0 Å². The summed E-state index contributed by atoms with van der Waals surface area (Å²) < 4.78 is 5.40. The van der Waals surface area contributed by atoms with Crippen molar-refractivity contribution in [3.63, 3.8) is 0 Å². The predicted octanol–water partition coefficient (Wildman–Crippen LogP) is 3.93. The van der Waals surface area contributed by atoms with E-state index in [9.17, 15) is 4.79 Å². The van der Waals surface area contributed by atoms with E-state index in [2.05, 4.69) is 4.98 Å². The zero-order valence-electron chi connectivity index (χ0n) is 9.61.